The number of hydrogen-bond donors (Lipinski definition) is 0. The highest BCUT2D eigenvalue weighted by Gasteiger charge is 2.34. The van der Waals surface area contributed by atoms with Gasteiger partial charge in [0, 0.05) is 11.1 Å². The van der Waals surface area contributed by atoms with E-state index in [0.717, 1.165) is 32.6 Å². The Hall–Kier alpha value is -3.54. The lowest BCUT2D eigenvalue weighted by Crippen LogP contribution is -2.33. The van der Waals surface area contributed by atoms with Crippen molar-refractivity contribution >= 4 is 28.7 Å². The van der Waals surface area contributed by atoms with Crippen molar-refractivity contribution in [3.05, 3.63) is 76.5 Å². The molecule has 0 radical (unpaired) electrons. The number of hydrogen-bond acceptors (Lipinski definition) is 5. The second-order valence-corrected chi connectivity index (χ2v) is 7.02. The van der Waals surface area contributed by atoms with Crippen LogP contribution in [-0.2, 0) is 16.0 Å². The van der Waals surface area contributed by atoms with Gasteiger partial charge in [0.15, 0.2) is 0 Å². The van der Waals surface area contributed by atoms with Crippen LogP contribution in [0.3, 0.4) is 0 Å². The van der Waals surface area contributed by atoms with E-state index in [2.05, 4.69) is 4.98 Å². The number of benzene rings is 2. The maximum atomic E-state index is 12.4. The van der Waals surface area contributed by atoms with Crippen LogP contribution in [0.15, 0.2) is 48.5 Å². The first-order valence-electron chi connectivity index (χ1n) is 9.43. The smallest absolute Gasteiger partial charge is 0.310 e. The number of fused-ring (bicyclic) bond motifs is 2. The van der Waals surface area contributed by atoms with Crippen molar-refractivity contribution in [3.63, 3.8) is 0 Å². The van der Waals surface area contributed by atoms with Crippen molar-refractivity contribution in [2.75, 3.05) is 13.2 Å². The maximum absolute atomic E-state index is 12.4. The Morgan fingerprint density at radius 2 is 1.59 bits per heavy atom. The molecule has 0 N–H and O–H groups in total. The summed E-state index contributed by atoms with van der Waals surface area (Å²) >= 11 is 0. The first-order chi connectivity index (χ1) is 14.0. The molecule has 1 aliphatic heterocycles. The molecule has 146 valence electrons. The number of aryl methyl sites for hydroxylation is 2. The van der Waals surface area contributed by atoms with Crippen molar-refractivity contribution < 1.29 is 19.1 Å². The second-order valence-electron chi connectivity index (χ2n) is 7.02. The number of amides is 2. The molecule has 0 fully saturated rings. The van der Waals surface area contributed by atoms with E-state index < -0.39 is 5.97 Å². The summed E-state index contributed by atoms with van der Waals surface area (Å²) in [5.41, 5.74) is 4.30. The van der Waals surface area contributed by atoms with Gasteiger partial charge in [-0.2, -0.15) is 0 Å². The maximum Gasteiger partial charge on any atom is 0.310 e. The zero-order valence-electron chi connectivity index (χ0n) is 16.3. The minimum absolute atomic E-state index is 0.0338. The molecule has 4 rings (SSSR count). The average Bonchev–Trinajstić information content (AvgIpc) is 2.96. The molecule has 1 aromatic heterocycles. The van der Waals surface area contributed by atoms with Crippen LogP contribution in [0, 0.1) is 13.8 Å². The normalized spacial score (nSPS) is 13.1. The van der Waals surface area contributed by atoms with E-state index in [4.69, 9.17) is 4.74 Å². The van der Waals surface area contributed by atoms with Gasteiger partial charge >= 0.3 is 5.97 Å². The van der Waals surface area contributed by atoms with E-state index in [0.29, 0.717) is 11.1 Å². The van der Waals surface area contributed by atoms with Crippen molar-refractivity contribution in [3.8, 4) is 0 Å². The van der Waals surface area contributed by atoms with Gasteiger partial charge in [0.25, 0.3) is 11.8 Å². The number of carbonyl (C=O) groups is 3. The Bertz CT molecular complexity index is 1120. The van der Waals surface area contributed by atoms with Crippen LogP contribution in [0.5, 0.6) is 0 Å². The quantitative estimate of drug-likeness (QED) is 0.495. The molecule has 0 spiro atoms. The molecule has 0 saturated heterocycles. The zero-order valence-corrected chi connectivity index (χ0v) is 16.3. The van der Waals surface area contributed by atoms with Gasteiger partial charge < -0.3 is 4.74 Å². The number of rotatable bonds is 5. The lowest BCUT2D eigenvalue weighted by atomic mass is 10.00. The van der Waals surface area contributed by atoms with Crippen LogP contribution < -0.4 is 0 Å². The van der Waals surface area contributed by atoms with Gasteiger partial charge in [-0.1, -0.05) is 30.3 Å². The first-order valence-corrected chi connectivity index (χ1v) is 9.43. The fourth-order valence-electron chi connectivity index (χ4n) is 3.72. The summed E-state index contributed by atoms with van der Waals surface area (Å²) in [5, 5.41) is 1.01. The summed E-state index contributed by atoms with van der Waals surface area (Å²) in [6.07, 6.45) is 0.0949. The largest absolute Gasteiger partial charge is 0.464 e. The zero-order chi connectivity index (χ0) is 20.5. The predicted octanol–water partition coefficient (Wildman–Crippen LogP) is 3.23. The number of carbonyl (C=O) groups excluding carboxylic acids is 3. The summed E-state index contributed by atoms with van der Waals surface area (Å²) in [5.74, 6) is -1.12. The topological polar surface area (TPSA) is 76.6 Å². The first kappa shape index (κ1) is 18.8. The van der Waals surface area contributed by atoms with Crippen molar-refractivity contribution in [1.82, 2.24) is 9.88 Å². The molecular weight excluding hydrogens is 368 g/mol. The lowest BCUT2D eigenvalue weighted by molar-refractivity contribution is -0.143. The van der Waals surface area contributed by atoms with Crippen LogP contribution in [0.4, 0.5) is 0 Å². The number of para-hydroxylation sites is 1. The molecular formula is C23H20N2O4. The summed E-state index contributed by atoms with van der Waals surface area (Å²) < 4.78 is 5.31. The van der Waals surface area contributed by atoms with E-state index in [1.807, 2.05) is 38.1 Å². The van der Waals surface area contributed by atoms with Gasteiger partial charge in [0.2, 0.25) is 0 Å². The number of aromatic nitrogens is 1. The molecule has 2 amide bonds. The number of pyridine rings is 1. The highest BCUT2D eigenvalue weighted by atomic mass is 16.5. The molecule has 6 heteroatoms. The summed E-state index contributed by atoms with van der Waals surface area (Å²) in [6, 6.07) is 14.5. The molecule has 3 aromatic rings. The number of ether oxygens (including phenoxy) is 1. The van der Waals surface area contributed by atoms with Crippen LogP contribution in [0.1, 0.15) is 37.5 Å². The van der Waals surface area contributed by atoms with Crippen LogP contribution >= 0.6 is 0 Å². The molecule has 29 heavy (non-hydrogen) atoms. The minimum Gasteiger partial charge on any atom is -0.464 e. The van der Waals surface area contributed by atoms with Crippen molar-refractivity contribution in [1.29, 1.82) is 0 Å². The third kappa shape index (κ3) is 3.38. The monoisotopic (exact) mass is 388 g/mol. The average molecular weight is 388 g/mol. The van der Waals surface area contributed by atoms with Gasteiger partial charge in [-0.05, 0) is 43.2 Å². The Balaban J connectivity index is 1.40. The minimum atomic E-state index is -0.412. The third-order valence-electron chi connectivity index (χ3n) is 5.26. The molecule has 0 saturated carbocycles. The number of esters is 1. The standard InChI is InChI=1S/C23H20N2O4/c1-14-16-7-5-6-10-20(16)24-15(2)19(14)13-21(26)29-12-11-25-22(27)17-8-3-4-9-18(17)23(25)28/h3-10H,11-13H2,1-2H3. The lowest BCUT2D eigenvalue weighted by Gasteiger charge is -2.15. The molecule has 0 unspecified atom stereocenters. The fourth-order valence-corrected chi connectivity index (χ4v) is 3.72. The van der Waals surface area contributed by atoms with Gasteiger partial charge in [0.05, 0.1) is 29.6 Å². The Kier molecular flexibility index (Phi) is 4.84. The second kappa shape index (κ2) is 7.47. The molecule has 0 aliphatic carbocycles. The number of imide groups is 1. The molecule has 1 aliphatic rings. The molecule has 6 nitrogen and oxygen atoms in total. The van der Waals surface area contributed by atoms with Crippen molar-refractivity contribution in [2.45, 2.75) is 20.3 Å². The van der Waals surface area contributed by atoms with Gasteiger partial charge in [0.1, 0.15) is 6.61 Å². The van der Waals surface area contributed by atoms with E-state index >= 15 is 0 Å². The highest BCUT2D eigenvalue weighted by Crippen LogP contribution is 2.24. The van der Waals surface area contributed by atoms with Crippen LogP contribution in [0.2, 0.25) is 0 Å². The molecule has 0 bridgehead atoms. The van der Waals surface area contributed by atoms with E-state index in [1.54, 1.807) is 24.3 Å². The SMILES string of the molecule is Cc1nc2ccccc2c(C)c1CC(=O)OCCN1C(=O)c2ccccc2C1=O. The van der Waals surface area contributed by atoms with Crippen LogP contribution in [0.25, 0.3) is 10.9 Å². The summed E-state index contributed by atoms with van der Waals surface area (Å²) in [4.78, 5) is 42.7. The van der Waals surface area contributed by atoms with E-state index in [1.165, 1.54) is 0 Å². The fraction of sp³-hybridized carbons (Fsp3) is 0.217. The molecule has 0 atom stereocenters. The molecule has 2 aromatic carbocycles. The van der Waals surface area contributed by atoms with Gasteiger partial charge in [-0.3, -0.25) is 24.3 Å². The Morgan fingerprint density at radius 3 is 2.28 bits per heavy atom. The Labute approximate surface area is 168 Å². The third-order valence-corrected chi connectivity index (χ3v) is 5.26. The predicted molar refractivity (Wildman–Crippen MR) is 108 cm³/mol. The van der Waals surface area contributed by atoms with Gasteiger partial charge in [-0.25, -0.2) is 0 Å². The Morgan fingerprint density at radius 1 is 0.966 bits per heavy atom. The summed E-state index contributed by atoms with van der Waals surface area (Å²) in [7, 11) is 0. The van der Waals surface area contributed by atoms with E-state index in [9.17, 15) is 14.4 Å². The highest BCUT2D eigenvalue weighted by molar-refractivity contribution is 6.21. The molecule has 2 heterocycles. The van der Waals surface area contributed by atoms with Gasteiger partial charge in [-0.15, -0.1) is 0 Å². The summed E-state index contributed by atoms with van der Waals surface area (Å²) in [6.45, 7) is 3.84. The van der Waals surface area contributed by atoms with E-state index in [-0.39, 0.29) is 31.4 Å². The number of nitrogens with zero attached hydrogens (tertiary/aromatic N) is 2. The van der Waals surface area contributed by atoms with Crippen molar-refractivity contribution in [2.24, 2.45) is 0 Å². The van der Waals surface area contributed by atoms with Crippen LogP contribution in [-0.4, -0.2) is 40.8 Å².